The molecule has 1 aliphatic heterocycles. The number of nitrogens with zero attached hydrogens (tertiary/aromatic N) is 3. The number of nitrogens with one attached hydrogen (secondary N) is 1. The van der Waals surface area contributed by atoms with Gasteiger partial charge in [-0.3, -0.25) is 4.99 Å². The summed E-state index contributed by atoms with van der Waals surface area (Å²) in [6, 6.07) is 0. The molecule has 1 saturated heterocycles. The third kappa shape index (κ3) is 4.41. The first-order chi connectivity index (χ1) is 10.6. The van der Waals surface area contributed by atoms with E-state index in [0.717, 1.165) is 55.8 Å². The van der Waals surface area contributed by atoms with Crippen LogP contribution in [0.15, 0.2) is 10.4 Å². The Bertz CT molecular complexity index is 497. The van der Waals surface area contributed by atoms with Crippen molar-refractivity contribution in [2.45, 2.75) is 31.9 Å². The normalized spacial score (nSPS) is 18.3. The minimum absolute atomic E-state index is 0.160. The van der Waals surface area contributed by atoms with Gasteiger partial charge in [0, 0.05) is 59.2 Å². The van der Waals surface area contributed by atoms with Crippen molar-refractivity contribution in [1.82, 2.24) is 15.2 Å². The summed E-state index contributed by atoms with van der Waals surface area (Å²) in [5.41, 5.74) is 0.909. The lowest BCUT2D eigenvalue weighted by Gasteiger charge is -2.37. The van der Waals surface area contributed by atoms with E-state index in [9.17, 15) is 0 Å². The average Bonchev–Trinajstić information content (AvgIpc) is 2.94. The van der Waals surface area contributed by atoms with E-state index in [-0.39, 0.29) is 5.60 Å². The van der Waals surface area contributed by atoms with Crippen molar-refractivity contribution in [3.05, 3.63) is 16.1 Å². The van der Waals surface area contributed by atoms with E-state index in [1.54, 1.807) is 25.5 Å². The fraction of sp³-hybridized carbons (Fsp3) is 0.733. The number of ether oxygens (including phenoxy) is 2. The standard InChI is InChI=1S/C15H26N4O2S/c1-12-18-13(10-22-12)9-19(3)14(16-2)17-11-15(20-4)5-7-21-8-6-15/h10H,5-9,11H2,1-4H3,(H,16,17). The van der Waals surface area contributed by atoms with Crippen LogP contribution in [0.1, 0.15) is 23.5 Å². The number of guanidine groups is 1. The minimum Gasteiger partial charge on any atom is -0.381 e. The van der Waals surface area contributed by atoms with Crippen LogP contribution < -0.4 is 5.32 Å². The molecule has 0 spiro atoms. The van der Waals surface area contributed by atoms with Crippen LogP contribution in [-0.2, 0) is 16.0 Å². The Balaban J connectivity index is 1.91. The van der Waals surface area contributed by atoms with Crippen LogP contribution in [0.3, 0.4) is 0 Å². The quantitative estimate of drug-likeness (QED) is 0.659. The molecule has 0 atom stereocenters. The largest absolute Gasteiger partial charge is 0.381 e. The summed E-state index contributed by atoms with van der Waals surface area (Å²) in [7, 11) is 5.60. The lowest BCUT2D eigenvalue weighted by atomic mass is 9.94. The first kappa shape index (κ1) is 17.2. The predicted octanol–water partition coefficient (Wildman–Crippen LogP) is 1.65. The Morgan fingerprint density at radius 1 is 1.55 bits per heavy atom. The molecule has 6 nitrogen and oxygen atoms in total. The summed E-state index contributed by atoms with van der Waals surface area (Å²) in [6.07, 6.45) is 1.81. The van der Waals surface area contributed by atoms with Gasteiger partial charge in [-0.2, -0.15) is 0 Å². The topological polar surface area (TPSA) is 59.0 Å². The van der Waals surface area contributed by atoms with E-state index in [0.29, 0.717) is 0 Å². The molecule has 1 aromatic heterocycles. The van der Waals surface area contributed by atoms with Gasteiger partial charge in [0.05, 0.1) is 22.8 Å². The predicted molar refractivity (Wildman–Crippen MR) is 89.5 cm³/mol. The molecule has 0 unspecified atom stereocenters. The second kappa shape index (κ2) is 7.89. The summed E-state index contributed by atoms with van der Waals surface area (Å²) < 4.78 is 11.2. The molecule has 2 rings (SSSR count). The number of methoxy groups -OCH3 is 1. The van der Waals surface area contributed by atoms with Crippen molar-refractivity contribution in [2.75, 3.05) is 41.0 Å². The third-order valence-corrected chi connectivity index (χ3v) is 4.87. The van der Waals surface area contributed by atoms with Crippen LogP contribution in [0.4, 0.5) is 0 Å². The molecule has 1 fully saturated rings. The molecular formula is C15H26N4O2S. The van der Waals surface area contributed by atoms with Gasteiger partial charge in [0.15, 0.2) is 5.96 Å². The number of rotatable bonds is 5. The van der Waals surface area contributed by atoms with Gasteiger partial charge in [-0.1, -0.05) is 0 Å². The van der Waals surface area contributed by atoms with E-state index < -0.39 is 0 Å². The minimum atomic E-state index is -0.160. The lowest BCUT2D eigenvalue weighted by Crippen LogP contribution is -2.50. The number of thiazole rings is 1. The summed E-state index contributed by atoms with van der Waals surface area (Å²) in [4.78, 5) is 10.9. The first-order valence-electron chi connectivity index (χ1n) is 7.54. The average molecular weight is 326 g/mol. The molecule has 1 N–H and O–H groups in total. The molecule has 124 valence electrons. The van der Waals surface area contributed by atoms with Gasteiger partial charge in [0.25, 0.3) is 0 Å². The smallest absolute Gasteiger partial charge is 0.193 e. The van der Waals surface area contributed by atoms with Crippen molar-refractivity contribution in [3.8, 4) is 0 Å². The summed E-state index contributed by atoms with van der Waals surface area (Å²) in [5, 5.41) is 6.61. The monoisotopic (exact) mass is 326 g/mol. The number of aromatic nitrogens is 1. The highest BCUT2D eigenvalue weighted by Crippen LogP contribution is 2.23. The van der Waals surface area contributed by atoms with Crippen molar-refractivity contribution < 1.29 is 9.47 Å². The molecule has 1 aromatic rings. The number of hydrogen-bond donors (Lipinski definition) is 1. The molecule has 2 heterocycles. The van der Waals surface area contributed by atoms with Crippen LogP contribution in [0.2, 0.25) is 0 Å². The third-order valence-electron chi connectivity index (χ3n) is 4.04. The van der Waals surface area contributed by atoms with Crippen LogP contribution >= 0.6 is 11.3 Å². The first-order valence-corrected chi connectivity index (χ1v) is 8.42. The summed E-state index contributed by atoms with van der Waals surface area (Å²) >= 11 is 1.67. The van der Waals surface area contributed by atoms with Gasteiger partial charge in [0.1, 0.15) is 0 Å². The van der Waals surface area contributed by atoms with Crippen LogP contribution in [0.5, 0.6) is 0 Å². The Hall–Kier alpha value is -1.18. The highest BCUT2D eigenvalue weighted by molar-refractivity contribution is 7.09. The lowest BCUT2D eigenvalue weighted by molar-refractivity contribution is -0.0857. The highest BCUT2D eigenvalue weighted by Gasteiger charge is 2.32. The Kier molecular flexibility index (Phi) is 6.16. The maximum absolute atomic E-state index is 5.75. The molecule has 0 radical (unpaired) electrons. The SMILES string of the molecule is CN=C(NCC1(OC)CCOCC1)N(C)Cc1csc(C)n1. The zero-order valence-electron chi connectivity index (χ0n) is 13.9. The van der Waals surface area contributed by atoms with Gasteiger partial charge in [-0.25, -0.2) is 4.98 Å². The van der Waals surface area contributed by atoms with Gasteiger partial charge in [-0.15, -0.1) is 11.3 Å². The van der Waals surface area contributed by atoms with Crippen LogP contribution in [0.25, 0.3) is 0 Å². The van der Waals surface area contributed by atoms with Crippen LogP contribution in [-0.4, -0.2) is 62.4 Å². The molecule has 22 heavy (non-hydrogen) atoms. The second-order valence-corrected chi connectivity index (χ2v) is 6.68. The Morgan fingerprint density at radius 3 is 2.82 bits per heavy atom. The molecule has 0 aliphatic carbocycles. The van der Waals surface area contributed by atoms with Gasteiger partial charge in [-0.05, 0) is 6.92 Å². The molecule has 0 bridgehead atoms. The molecule has 0 saturated carbocycles. The van der Waals surface area contributed by atoms with Crippen molar-refractivity contribution in [1.29, 1.82) is 0 Å². The van der Waals surface area contributed by atoms with Gasteiger partial charge >= 0.3 is 0 Å². The highest BCUT2D eigenvalue weighted by atomic mass is 32.1. The van der Waals surface area contributed by atoms with E-state index in [1.165, 1.54) is 0 Å². The maximum atomic E-state index is 5.75. The van der Waals surface area contributed by atoms with Gasteiger partial charge < -0.3 is 19.7 Å². The molecule has 0 aromatic carbocycles. The number of hydrogen-bond acceptors (Lipinski definition) is 5. The van der Waals surface area contributed by atoms with Gasteiger partial charge in [0.2, 0.25) is 0 Å². The fourth-order valence-electron chi connectivity index (χ4n) is 2.62. The van der Waals surface area contributed by atoms with E-state index >= 15 is 0 Å². The van der Waals surface area contributed by atoms with E-state index in [1.807, 2.05) is 14.0 Å². The summed E-state index contributed by atoms with van der Waals surface area (Å²) in [6.45, 7) is 5.01. The number of aryl methyl sites for hydroxylation is 1. The zero-order valence-corrected chi connectivity index (χ0v) is 14.7. The summed E-state index contributed by atoms with van der Waals surface area (Å²) in [5.74, 6) is 0.855. The van der Waals surface area contributed by atoms with Crippen LogP contribution in [0, 0.1) is 6.92 Å². The van der Waals surface area contributed by atoms with E-state index in [4.69, 9.17) is 9.47 Å². The number of aliphatic imine (C=N–C) groups is 1. The molecular weight excluding hydrogens is 300 g/mol. The fourth-order valence-corrected chi connectivity index (χ4v) is 3.22. The second-order valence-electron chi connectivity index (χ2n) is 5.61. The molecule has 7 heteroatoms. The maximum Gasteiger partial charge on any atom is 0.193 e. The molecule has 1 aliphatic rings. The Morgan fingerprint density at radius 2 is 2.27 bits per heavy atom. The van der Waals surface area contributed by atoms with Crippen molar-refractivity contribution >= 4 is 17.3 Å². The van der Waals surface area contributed by atoms with E-state index in [2.05, 4.69) is 25.6 Å². The van der Waals surface area contributed by atoms with Crippen molar-refractivity contribution in [2.24, 2.45) is 4.99 Å². The van der Waals surface area contributed by atoms with Crippen molar-refractivity contribution in [3.63, 3.8) is 0 Å². The molecule has 0 amide bonds. The Labute approximate surface area is 136 Å². The zero-order chi connectivity index (χ0) is 16.0.